The number of aliphatic hydroxyl groups excluding tert-OH is 1. The molecule has 9 nitrogen and oxygen atoms in total. The molecule has 3 rings (SSSR count). The third-order valence-corrected chi connectivity index (χ3v) is 6.61. The van der Waals surface area contributed by atoms with Crippen molar-refractivity contribution in [2.24, 2.45) is 17.8 Å². The summed E-state index contributed by atoms with van der Waals surface area (Å²) in [6.07, 6.45) is 4.82. The van der Waals surface area contributed by atoms with Crippen LogP contribution in [0.2, 0.25) is 0 Å². The fourth-order valence-electron chi connectivity index (χ4n) is 4.69. The highest BCUT2D eigenvalue weighted by atomic mass is 16.7. The topological polar surface area (TPSA) is 111 Å². The number of aromatic nitrogens is 1. The van der Waals surface area contributed by atoms with Crippen LogP contribution in [0.4, 0.5) is 0 Å². The molecule has 37 heavy (non-hydrogen) atoms. The number of ether oxygens (including phenoxy) is 5. The maximum atomic E-state index is 13.1. The summed E-state index contributed by atoms with van der Waals surface area (Å²) in [5.41, 5.74) is 2.15. The summed E-state index contributed by atoms with van der Waals surface area (Å²) >= 11 is 0. The van der Waals surface area contributed by atoms with Crippen molar-refractivity contribution in [3.05, 3.63) is 41.8 Å². The van der Waals surface area contributed by atoms with Crippen molar-refractivity contribution in [1.82, 2.24) is 10.3 Å². The van der Waals surface area contributed by atoms with E-state index in [1.165, 1.54) is 0 Å². The first kappa shape index (κ1) is 29.0. The Bertz CT molecular complexity index is 1000. The third-order valence-electron chi connectivity index (χ3n) is 6.61. The quantitative estimate of drug-likeness (QED) is 0.292. The fourth-order valence-corrected chi connectivity index (χ4v) is 4.69. The van der Waals surface area contributed by atoms with Gasteiger partial charge in [-0.15, -0.1) is 0 Å². The van der Waals surface area contributed by atoms with Gasteiger partial charge in [-0.3, -0.25) is 4.79 Å². The Balaban J connectivity index is 1.58. The number of fused-ring (bicyclic) bond motifs is 1. The molecule has 1 aliphatic heterocycles. The molecule has 0 unspecified atom stereocenters. The van der Waals surface area contributed by atoms with Gasteiger partial charge in [0.05, 0.1) is 33.5 Å². The van der Waals surface area contributed by atoms with Crippen molar-refractivity contribution < 1.29 is 33.6 Å². The molecule has 206 valence electrons. The normalized spacial score (nSPS) is 19.6. The summed E-state index contributed by atoms with van der Waals surface area (Å²) in [6, 6.07) is 5.91. The second-order valence-electron chi connectivity index (χ2n) is 9.43. The Hall–Kier alpha value is -2.59. The fraction of sp³-hybridized carbons (Fsp3) is 0.607. The van der Waals surface area contributed by atoms with Gasteiger partial charge in [0.1, 0.15) is 5.75 Å². The Morgan fingerprint density at radius 3 is 2.68 bits per heavy atom. The summed E-state index contributed by atoms with van der Waals surface area (Å²) in [6.45, 7) is 8.94. The van der Waals surface area contributed by atoms with E-state index in [9.17, 15) is 4.79 Å². The van der Waals surface area contributed by atoms with Gasteiger partial charge in [-0.2, -0.15) is 0 Å². The largest absolute Gasteiger partial charge is 0.497 e. The highest BCUT2D eigenvalue weighted by Crippen LogP contribution is 2.36. The standard InChI is InChI=1S/C28H42N2O7/c1-5-36-28-22(9-12-34-14-15-35-13-11-31)23(19(2)3)17-26(37-28)27(32)29-10-8-20-18-30-25-7-6-21(33-4)16-24(20)25/h6-7,16-19,22-23,28,30-31H,5,8-15H2,1-4H3,(H,29,32)/t22-,23+,28+/m0/s1. The molecule has 3 atom stereocenters. The molecule has 0 aliphatic carbocycles. The molecule has 0 fully saturated rings. The van der Waals surface area contributed by atoms with Crippen LogP contribution in [0.15, 0.2) is 36.2 Å². The number of H-pyrrole nitrogens is 1. The molecule has 1 aliphatic rings. The maximum absolute atomic E-state index is 13.1. The number of aliphatic hydroxyl groups is 1. The number of aromatic amines is 1. The molecule has 2 aromatic rings. The number of hydrogen-bond acceptors (Lipinski definition) is 7. The maximum Gasteiger partial charge on any atom is 0.286 e. The van der Waals surface area contributed by atoms with Crippen molar-refractivity contribution >= 4 is 16.8 Å². The van der Waals surface area contributed by atoms with Crippen molar-refractivity contribution in [2.45, 2.75) is 39.9 Å². The number of carbonyl (C=O) groups is 1. The summed E-state index contributed by atoms with van der Waals surface area (Å²) in [5.74, 6) is 1.36. The molecule has 2 heterocycles. The van der Waals surface area contributed by atoms with Crippen LogP contribution in [0.25, 0.3) is 10.9 Å². The summed E-state index contributed by atoms with van der Waals surface area (Å²) in [4.78, 5) is 16.3. The smallest absolute Gasteiger partial charge is 0.286 e. The zero-order chi connectivity index (χ0) is 26.6. The molecule has 0 saturated heterocycles. The first-order chi connectivity index (χ1) is 18.0. The van der Waals surface area contributed by atoms with Crippen LogP contribution in [-0.4, -0.2) is 75.6 Å². The van der Waals surface area contributed by atoms with E-state index in [0.717, 1.165) is 28.6 Å². The van der Waals surface area contributed by atoms with Crippen molar-refractivity contribution in [3.8, 4) is 5.75 Å². The first-order valence-corrected chi connectivity index (χ1v) is 13.2. The van der Waals surface area contributed by atoms with E-state index in [1.807, 2.05) is 37.4 Å². The molecule has 3 N–H and O–H groups in total. The first-order valence-electron chi connectivity index (χ1n) is 13.2. The SMILES string of the molecule is CCO[C@@H]1OC(C(=O)NCCc2c[nH]c3ccc(OC)cc23)=C[C@H](C(C)C)[C@@H]1CCOCCOCCO. The van der Waals surface area contributed by atoms with Crippen LogP contribution in [0.3, 0.4) is 0 Å². The molecule has 0 saturated carbocycles. The highest BCUT2D eigenvalue weighted by molar-refractivity contribution is 5.91. The number of rotatable bonds is 16. The van der Waals surface area contributed by atoms with Gasteiger partial charge in [0.15, 0.2) is 5.76 Å². The summed E-state index contributed by atoms with van der Waals surface area (Å²) in [5, 5.41) is 12.9. The van der Waals surface area contributed by atoms with Gasteiger partial charge in [0.25, 0.3) is 5.91 Å². The van der Waals surface area contributed by atoms with E-state index in [4.69, 9.17) is 28.8 Å². The lowest BCUT2D eigenvalue weighted by atomic mass is 9.79. The van der Waals surface area contributed by atoms with Crippen LogP contribution in [0.1, 0.15) is 32.8 Å². The Labute approximate surface area is 219 Å². The third kappa shape index (κ3) is 8.20. The number of carbonyl (C=O) groups excluding carboxylic acids is 1. The number of nitrogens with one attached hydrogen (secondary N) is 2. The van der Waals surface area contributed by atoms with Crippen LogP contribution in [-0.2, 0) is 30.2 Å². The van der Waals surface area contributed by atoms with Gasteiger partial charge in [-0.05, 0) is 61.4 Å². The molecule has 1 aromatic carbocycles. The van der Waals surface area contributed by atoms with Gasteiger partial charge in [0, 0.05) is 42.8 Å². The monoisotopic (exact) mass is 518 g/mol. The van der Waals surface area contributed by atoms with Gasteiger partial charge < -0.3 is 39.1 Å². The second kappa shape index (κ2) is 15.0. The minimum absolute atomic E-state index is 0.00597. The number of allylic oxidation sites excluding steroid dienone is 1. The van der Waals surface area contributed by atoms with Crippen molar-refractivity contribution in [2.75, 3.05) is 53.3 Å². The van der Waals surface area contributed by atoms with Gasteiger partial charge in [0.2, 0.25) is 6.29 Å². The molecular weight excluding hydrogens is 476 g/mol. The number of benzene rings is 1. The number of methoxy groups -OCH3 is 1. The average Bonchev–Trinajstić information content (AvgIpc) is 3.30. The minimum atomic E-state index is -0.515. The van der Waals surface area contributed by atoms with E-state index in [0.29, 0.717) is 57.7 Å². The lowest BCUT2D eigenvalue weighted by Crippen LogP contribution is -2.41. The molecule has 1 amide bonds. The molecular formula is C28H42N2O7. The second-order valence-corrected chi connectivity index (χ2v) is 9.43. The van der Waals surface area contributed by atoms with Crippen LogP contribution >= 0.6 is 0 Å². The van der Waals surface area contributed by atoms with Crippen molar-refractivity contribution in [1.29, 1.82) is 0 Å². The minimum Gasteiger partial charge on any atom is -0.497 e. The van der Waals surface area contributed by atoms with Gasteiger partial charge >= 0.3 is 0 Å². The summed E-state index contributed by atoms with van der Waals surface area (Å²) < 4.78 is 28.3. The van der Waals surface area contributed by atoms with Crippen LogP contribution < -0.4 is 10.1 Å². The summed E-state index contributed by atoms with van der Waals surface area (Å²) in [7, 11) is 1.65. The Kier molecular flexibility index (Phi) is 11.7. The van der Waals surface area contributed by atoms with E-state index in [1.54, 1.807) is 7.11 Å². The predicted molar refractivity (Wildman–Crippen MR) is 141 cm³/mol. The van der Waals surface area contributed by atoms with Gasteiger partial charge in [-0.1, -0.05) is 13.8 Å². The Morgan fingerprint density at radius 1 is 1.19 bits per heavy atom. The van der Waals surface area contributed by atoms with E-state index in [2.05, 4.69) is 24.1 Å². The highest BCUT2D eigenvalue weighted by Gasteiger charge is 2.38. The lowest BCUT2D eigenvalue weighted by molar-refractivity contribution is -0.177. The van der Waals surface area contributed by atoms with Crippen LogP contribution in [0.5, 0.6) is 5.75 Å². The molecule has 0 bridgehead atoms. The number of hydrogen-bond donors (Lipinski definition) is 3. The predicted octanol–water partition coefficient (Wildman–Crippen LogP) is 3.42. The van der Waals surface area contributed by atoms with Gasteiger partial charge in [-0.25, -0.2) is 0 Å². The molecule has 9 heteroatoms. The van der Waals surface area contributed by atoms with E-state index < -0.39 is 6.29 Å². The van der Waals surface area contributed by atoms with Crippen molar-refractivity contribution in [3.63, 3.8) is 0 Å². The Morgan fingerprint density at radius 2 is 1.97 bits per heavy atom. The van der Waals surface area contributed by atoms with E-state index in [-0.39, 0.29) is 24.3 Å². The molecule has 0 radical (unpaired) electrons. The average molecular weight is 519 g/mol. The van der Waals surface area contributed by atoms with Crippen LogP contribution in [0, 0.1) is 17.8 Å². The zero-order valence-corrected chi connectivity index (χ0v) is 22.5. The number of amides is 1. The molecule has 1 aromatic heterocycles. The lowest BCUT2D eigenvalue weighted by Gasteiger charge is -2.38. The molecule has 0 spiro atoms. The van der Waals surface area contributed by atoms with E-state index >= 15 is 0 Å². The zero-order valence-electron chi connectivity index (χ0n) is 22.5.